The summed E-state index contributed by atoms with van der Waals surface area (Å²) in [6.07, 6.45) is 2.83. The van der Waals surface area contributed by atoms with Gasteiger partial charge in [0, 0.05) is 18.3 Å². The summed E-state index contributed by atoms with van der Waals surface area (Å²) >= 11 is 6.20. The van der Waals surface area contributed by atoms with Crippen molar-refractivity contribution in [3.05, 3.63) is 40.5 Å². The highest BCUT2D eigenvalue weighted by Crippen LogP contribution is 2.27. The van der Waals surface area contributed by atoms with Gasteiger partial charge in [0.05, 0.1) is 10.7 Å². The Morgan fingerprint density at radius 1 is 1.25 bits per heavy atom. The van der Waals surface area contributed by atoms with Gasteiger partial charge in [-0.25, -0.2) is 4.98 Å². The third-order valence-corrected chi connectivity index (χ3v) is 3.21. The number of aryl methyl sites for hydroxylation is 2. The van der Waals surface area contributed by atoms with E-state index < -0.39 is 0 Å². The third kappa shape index (κ3) is 3.61. The molecule has 0 aliphatic rings. The van der Waals surface area contributed by atoms with Gasteiger partial charge in [0.15, 0.2) is 0 Å². The van der Waals surface area contributed by atoms with E-state index in [0.29, 0.717) is 11.0 Å². The Kier molecular flexibility index (Phi) is 4.79. The molecule has 2 aromatic rings. The van der Waals surface area contributed by atoms with Crippen LogP contribution in [0.2, 0.25) is 5.02 Å². The van der Waals surface area contributed by atoms with Crippen molar-refractivity contribution in [1.82, 2.24) is 9.97 Å². The zero-order valence-electron chi connectivity index (χ0n) is 12.0. The molecule has 20 heavy (non-hydrogen) atoms. The van der Waals surface area contributed by atoms with Crippen molar-refractivity contribution in [2.75, 3.05) is 17.2 Å². The predicted molar refractivity (Wildman–Crippen MR) is 85.0 cm³/mol. The van der Waals surface area contributed by atoms with Crippen LogP contribution in [0.4, 0.5) is 17.5 Å². The molecule has 0 saturated heterocycles. The number of hydrogen-bond acceptors (Lipinski definition) is 4. The van der Waals surface area contributed by atoms with E-state index in [1.54, 1.807) is 6.20 Å². The van der Waals surface area contributed by atoms with Crippen LogP contribution >= 0.6 is 11.6 Å². The Balaban J connectivity index is 2.25. The van der Waals surface area contributed by atoms with E-state index in [4.69, 9.17) is 11.6 Å². The second-order valence-corrected chi connectivity index (χ2v) is 5.17. The van der Waals surface area contributed by atoms with Crippen molar-refractivity contribution < 1.29 is 0 Å². The molecule has 0 aliphatic heterocycles. The zero-order chi connectivity index (χ0) is 14.5. The molecule has 0 radical (unpaired) electrons. The molecule has 0 aliphatic carbocycles. The number of halogens is 1. The molecule has 0 spiro atoms. The largest absolute Gasteiger partial charge is 0.354 e. The fourth-order valence-corrected chi connectivity index (χ4v) is 1.92. The fourth-order valence-electron chi connectivity index (χ4n) is 1.75. The Bertz CT molecular complexity index is 598. The van der Waals surface area contributed by atoms with Crippen molar-refractivity contribution >= 4 is 29.1 Å². The van der Waals surface area contributed by atoms with Crippen LogP contribution < -0.4 is 10.6 Å². The summed E-state index contributed by atoms with van der Waals surface area (Å²) in [5.74, 6) is 1.40. The van der Waals surface area contributed by atoms with Crippen LogP contribution in [0.15, 0.2) is 24.4 Å². The lowest BCUT2D eigenvalue weighted by molar-refractivity contribution is 0.950. The average molecular weight is 291 g/mol. The molecular weight excluding hydrogens is 272 g/mol. The molecule has 0 saturated carbocycles. The van der Waals surface area contributed by atoms with Gasteiger partial charge in [-0.15, -0.1) is 0 Å². The average Bonchev–Trinajstić information content (AvgIpc) is 2.43. The highest BCUT2D eigenvalue weighted by atomic mass is 35.5. The smallest absolute Gasteiger partial charge is 0.224 e. The van der Waals surface area contributed by atoms with E-state index in [0.717, 1.165) is 35.6 Å². The van der Waals surface area contributed by atoms with Crippen LogP contribution in [-0.2, 0) is 0 Å². The van der Waals surface area contributed by atoms with E-state index in [-0.39, 0.29) is 0 Å². The van der Waals surface area contributed by atoms with E-state index in [1.165, 1.54) is 0 Å². The van der Waals surface area contributed by atoms with E-state index in [2.05, 4.69) is 27.5 Å². The van der Waals surface area contributed by atoms with Crippen molar-refractivity contribution in [3.63, 3.8) is 0 Å². The molecule has 1 heterocycles. The summed E-state index contributed by atoms with van der Waals surface area (Å²) in [6.45, 7) is 6.96. The highest BCUT2D eigenvalue weighted by molar-refractivity contribution is 6.33. The maximum atomic E-state index is 6.20. The molecule has 1 aromatic heterocycles. The second kappa shape index (κ2) is 6.57. The molecule has 0 fully saturated rings. The third-order valence-electron chi connectivity index (χ3n) is 2.88. The topological polar surface area (TPSA) is 49.8 Å². The minimum Gasteiger partial charge on any atom is -0.354 e. The van der Waals surface area contributed by atoms with Gasteiger partial charge in [-0.2, -0.15) is 4.98 Å². The van der Waals surface area contributed by atoms with Gasteiger partial charge < -0.3 is 10.6 Å². The van der Waals surface area contributed by atoms with Crippen LogP contribution in [-0.4, -0.2) is 16.5 Å². The maximum Gasteiger partial charge on any atom is 0.224 e. The standard InChI is InChI=1S/C15H19ClN4/c1-4-7-17-15-18-9-11(3)14(20-15)19-13-8-10(2)5-6-12(13)16/h5-6,8-9H,4,7H2,1-3H3,(H2,17,18,19,20). The van der Waals surface area contributed by atoms with Crippen molar-refractivity contribution in [2.45, 2.75) is 27.2 Å². The number of nitrogens with one attached hydrogen (secondary N) is 2. The Hall–Kier alpha value is -1.81. The van der Waals surface area contributed by atoms with Gasteiger partial charge in [0.2, 0.25) is 5.95 Å². The first-order chi connectivity index (χ1) is 9.60. The molecule has 0 atom stereocenters. The Morgan fingerprint density at radius 3 is 2.80 bits per heavy atom. The van der Waals surface area contributed by atoms with Crippen LogP contribution in [0.1, 0.15) is 24.5 Å². The minimum atomic E-state index is 0.628. The second-order valence-electron chi connectivity index (χ2n) is 4.76. The number of aromatic nitrogens is 2. The molecular formula is C15H19ClN4. The highest BCUT2D eigenvalue weighted by Gasteiger charge is 2.06. The fraction of sp³-hybridized carbons (Fsp3) is 0.333. The summed E-state index contributed by atoms with van der Waals surface area (Å²) in [6, 6.07) is 5.86. The number of hydrogen-bond donors (Lipinski definition) is 2. The molecule has 1 aromatic carbocycles. The molecule has 5 heteroatoms. The van der Waals surface area contributed by atoms with Gasteiger partial charge in [0.25, 0.3) is 0 Å². The van der Waals surface area contributed by atoms with E-state index in [9.17, 15) is 0 Å². The Morgan fingerprint density at radius 2 is 2.05 bits per heavy atom. The zero-order valence-corrected chi connectivity index (χ0v) is 12.8. The SMILES string of the molecule is CCCNc1ncc(C)c(Nc2cc(C)ccc2Cl)n1. The van der Waals surface area contributed by atoms with Crippen LogP contribution in [0.5, 0.6) is 0 Å². The summed E-state index contributed by atoms with van der Waals surface area (Å²) < 4.78 is 0. The summed E-state index contributed by atoms with van der Waals surface area (Å²) in [7, 11) is 0. The molecule has 2 N–H and O–H groups in total. The lowest BCUT2D eigenvalue weighted by Crippen LogP contribution is -2.07. The van der Waals surface area contributed by atoms with Gasteiger partial charge in [-0.3, -0.25) is 0 Å². The normalized spacial score (nSPS) is 10.4. The lowest BCUT2D eigenvalue weighted by Gasteiger charge is -2.12. The van der Waals surface area contributed by atoms with Crippen LogP contribution in [0.25, 0.3) is 0 Å². The number of benzene rings is 1. The summed E-state index contributed by atoms with van der Waals surface area (Å²) in [4.78, 5) is 8.75. The maximum absolute atomic E-state index is 6.20. The van der Waals surface area contributed by atoms with Crippen LogP contribution in [0, 0.1) is 13.8 Å². The van der Waals surface area contributed by atoms with E-state index in [1.807, 2.05) is 32.0 Å². The molecule has 106 valence electrons. The quantitative estimate of drug-likeness (QED) is 0.861. The Labute approximate surface area is 124 Å². The van der Waals surface area contributed by atoms with Gasteiger partial charge in [-0.1, -0.05) is 24.6 Å². The van der Waals surface area contributed by atoms with Gasteiger partial charge in [0.1, 0.15) is 5.82 Å². The van der Waals surface area contributed by atoms with Crippen molar-refractivity contribution in [2.24, 2.45) is 0 Å². The molecule has 0 bridgehead atoms. The first kappa shape index (κ1) is 14.6. The lowest BCUT2D eigenvalue weighted by atomic mass is 10.2. The molecule has 4 nitrogen and oxygen atoms in total. The number of nitrogens with zero attached hydrogens (tertiary/aromatic N) is 2. The summed E-state index contributed by atoms with van der Waals surface area (Å²) in [5.41, 5.74) is 2.98. The number of anilines is 3. The molecule has 0 amide bonds. The van der Waals surface area contributed by atoms with Crippen molar-refractivity contribution in [3.8, 4) is 0 Å². The van der Waals surface area contributed by atoms with E-state index >= 15 is 0 Å². The predicted octanol–water partition coefficient (Wildman–Crippen LogP) is 4.31. The first-order valence-electron chi connectivity index (χ1n) is 6.71. The molecule has 0 unspecified atom stereocenters. The van der Waals surface area contributed by atoms with Gasteiger partial charge in [-0.05, 0) is 38.0 Å². The van der Waals surface area contributed by atoms with Crippen LogP contribution in [0.3, 0.4) is 0 Å². The first-order valence-corrected chi connectivity index (χ1v) is 7.08. The monoisotopic (exact) mass is 290 g/mol. The summed E-state index contributed by atoms with van der Waals surface area (Å²) in [5, 5.41) is 7.13. The number of rotatable bonds is 5. The van der Waals surface area contributed by atoms with Crippen molar-refractivity contribution in [1.29, 1.82) is 0 Å². The minimum absolute atomic E-state index is 0.628. The van der Waals surface area contributed by atoms with Gasteiger partial charge >= 0.3 is 0 Å². The molecule has 2 rings (SSSR count).